The maximum absolute atomic E-state index is 13.5. The fourth-order valence-electron chi connectivity index (χ4n) is 2.41. The minimum atomic E-state index is -0.560. The lowest BCUT2D eigenvalue weighted by Crippen LogP contribution is -2.27. The molecule has 1 saturated heterocycles. The molecule has 0 atom stereocenters. The van der Waals surface area contributed by atoms with Gasteiger partial charge in [-0.1, -0.05) is 41.5 Å². The zero-order valence-electron chi connectivity index (χ0n) is 13.8. The molecule has 3 rings (SSSR count). The molecule has 0 aromatic heterocycles. The maximum Gasteiger partial charge on any atom is 0.270 e. The average Bonchev–Trinajstić information content (AvgIpc) is 2.90. The number of anilines is 1. The lowest BCUT2D eigenvalue weighted by atomic mass is 10.2. The fourth-order valence-corrected chi connectivity index (χ4v) is 5.92. The highest BCUT2D eigenvalue weighted by atomic mass is 127. The summed E-state index contributed by atoms with van der Waals surface area (Å²) in [4.78, 5) is 14.7. The van der Waals surface area contributed by atoms with Crippen molar-refractivity contribution in [3.8, 4) is 18.1 Å². The number of amides is 1. The second-order valence-electron chi connectivity index (χ2n) is 5.41. The topological polar surface area (TPSA) is 29.5 Å². The first kappa shape index (κ1) is 21.8. The molecule has 1 amide bonds. The van der Waals surface area contributed by atoms with Crippen LogP contribution in [0.2, 0.25) is 5.02 Å². The summed E-state index contributed by atoms with van der Waals surface area (Å²) in [7, 11) is 0. The van der Waals surface area contributed by atoms with Gasteiger partial charge in [-0.25, -0.2) is 4.39 Å². The molecular weight excluding hydrogens is 647 g/mol. The molecule has 0 N–H and O–H groups in total. The normalized spacial score (nSPS) is 15.2. The van der Waals surface area contributed by atoms with Gasteiger partial charge >= 0.3 is 0 Å². The molecule has 1 heterocycles. The smallest absolute Gasteiger partial charge is 0.270 e. The minimum Gasteiger partial charge on any atom is -0.479 e. The van der Waals surface area contributed by atoms with E-state index in [4.69, 9.17) is 35.0 Å². The monoisotopic (exact) mass is 655 g/mol. The van der Waals surface area contributed by atoms with Gasteiger partial charge in [0.2, 0.25) is 0 Å². The molecule has 0 bridgehead atoms. The summed E-state index contributed by atoms with van der Waals surface area (Å²) in [5, 5.41) is -0.0762. The number of hydrogen-bond acceptors (Lipinski definition) is 4. The molecule has 1 fully saturated rings. The Morgan fingerprint density at radius 1 is 1.36 bits per heavy atom. The Labute approximate surface area is 203 Å². The van der Waals surface area contributed by atoms with Crippen molar-refractivity contribution in [2.75, 3.05) is 11.5 Å². The quantitative estimate of drug-likeness (QED) is 0.172. The zero-order chi connectivity index (χ0) is 20.4. The van der Waals surface area contributed by atoms with Crippen LogP contribution in [-0.2, 0) is 4.79 Å². The molecule has 3 nitrogen and oxygen atoms in total. The van der Waals surface area contributed by atoms with Gasteiger partial charge in [0.05, 0.1) is 19.2 Å². The van der Waals surface area contributed by atoms with Crippen LogP contribution < -0.4 is 9.64 Å². The Bertz CT molecular complexity index is 1070. The van der Waals surface area contributed by atoms with Gasteiger partial charge in [0.1, 0.15) is 18.2 Å². The Hall–Kier alpha value is -0.870. The molecule has 9 heteroatoms. The van der Waals surface area contributed by atoms with Gasteiger partial charge in [0, 0.05) is 9.13 Å². The molecule has 28 heavy (non-hydrogen) atoms. The van der Waals surface area contributed by atoms with Gasteiger partial charge in [-0.05, 0) is 81.6 Å². The number of benzene rings is 2. The standard InChI is InChI=1S/C19H9ClFI2NO2S2/c1-2-5-26-17-10(6-11(22)8-15(17)23)7-16-18(25)24(19(27)28-16)12-3-4-14(21)13(20)9-12/h1,3-4,6-9H,5H2/b16-7+. The van der Waals surface area contributed by atoms with Crippen LogP contribution in [0, 0.1) is 25.3 Å². The Kier molecular flexibility index (Phi) is 7.25. The molecular formula is C19H9ClFI2NO2S2. The third-order valence-corrected chi connectivity index (χ3v) is 6.59. The minimum absolute atomic E-state index is 0.0762. The number of rotatable bonds is 4. The second-order valence-corrected chi connectivity index (χ2v) is 9.91. The third kappa shape index (κ3) is 4.64. The third-order valence-electron chi connectivity index (χ3n) is 3.58. The van der Waals surface area contributed by atoms with Gasteiger partial charge in [-0.3, -0.25) is 9.69 Å². The Morgan fingerprint density at radius 3 is 2.79 bits per heavy atom. The highest BCUT2D eigenvalue weighted by molar-refractivity contribution is 14.1. The first-order valence-electron chi connectivity index (χ1n) is 7.60. The van der Waals surface area contributed by atoms with E-state index in [1.807, 2.05) is 12.1 Å². The largest absolute Gasteiger partial charge is 0.479 e. The van der Waals surface area contributed by atoms with Crippen molar-refractivity contribution in [1.82, 2.24) is 0 Å². The first-order valence-corrected chi connectivity index (χ1v) is 11.4. The molecule has 0 aliphatic carbocycles. The summed E-state index contributed by atoms with van der Waals surface area (Å²) in [5.41, 5.74) is 1.14. The van der Waals surface area contributed by atoms with Crippen LogP contribution in [0.25, 0.3) is 6.08 Å². The van der Waals surface area contributed by atoms with E-state index in [9.17, 15) is 9.18 Å². The van der Waals surface area contributed by atoms with Crippen LogP contribution in [0.1, 0.15) is 5.56 Å². The maximum atomic E-state index is 13.5. The van der Waals surface area contributed by atoms with E-state index in [0.717, 1.165) is 24.5 Å². The van der Waals surface area contributed by atoms with Gasteiger partial charge in [-0.2, -0.15) is 0 Å². The number of carbonyl (C=O) groups is 1. The lowest BCUT2D eigenvalue weighted by Gasteiger charge is -2.15. The van der Waals surface area contributed by atoms with Crippen LogP contribution in [0.15, 0.2) is 35.2 Å². The molecule has 0 radical (unpaired) electrons. The van der Waals surface area contributed by atoms with E-state index in [1.54, 1.807) is 6.08 Å². The van der Waals surface area contributed by atoms with Crippen LogP contribution in [0.4, 0.5) is 10.1 Å². The first-order chi connectivity index (χ1) is 13.3. The van der Waals surface area contributed by atoms with Gasteiger partial charge < -0.3 is 4.74 Å². The van der Waals surface area contributed by atoms with E-state index >= 15 is 0 Å². The molecule has 2 aromatic carbocycles. The Balaban J connectivity index is 2.00. The van der Waals surface area contributed by atoms with E-state index < -0.39 is 5.82 Å². The number of ether oxygens (including phenoxy) is 1. The molecule has 1 aliphatic heterocycles. The van der Waals surface area contributed by atoms with Crippen LogP contribution in [-0.4, -0.2) is 16.8 Å². The summed E-state index contributed by atoms with van der Waals surface area (Å²) in [6.07, 6.45) is 7.02. The van der Waals surface area contributed by atoms with Crippen molar-refractivity contribution in [1.29, 1.82) is 0 Å². The number of terminal acetylenes is 1. The van der Waals surface area contributed by atoms with Crippen molar-refractivity contribution < 1.29 is 13.9 Å². The SMILES string of the molecule is C#CCOc1c(I)cc(I)cc1/C=C1/SC(=S)N(c2ccc(F)c(Cl)c2)C1=O. The van der Waals surface area contributed by atoms with Crippen molar-refractivity contribution in [3.63, 3.8) is 0 Å². The number of nitrogens with zero attached hydrogens (tertiary/aromatic N) is 1. The number of halogens is 4. The highest BCUT2D eigenvalue weighted by Crippen LogP contribution is 2.39. The average molecular weight is 656 g/mol. The summed E-state index contributed by atoms with van der Waals surface area (Å²) < 4.78 is 21.3. The van der Waals surface area contributed by atoms with Crippen molar-refractivity contribution >= 4 is 103 Å². The summed E-state index contributed by atoms with van der Waals surface area (Å²) in [6.45, 7) is 0.118. The van der Waals surface area contributed by atoms with E-state index in [0.29, 0.717) is 20.7 Å². The molecule has 2 aromatic rings. The lowest BCUT2D eigenvalue weighted by molar-refractivity contribution is -0.113. The number of thiocarbonyl (C=S) groups is 1. The molecule has 0 spiro atoms. The number of carbonyl (C=O) groups excluding carboxylic acids is 1. The fraction of sp³-hybridized carbons (Fsp3) is 0.0526. The van der Waals surface area contributed by atoms with E-state index in [-0.39, 0.29) is 17.5 Å². The van der Waals surface area contributed by atoms with Crippen molar-refractivity contribution in [3.05, 3.63) is 58.8 Å². The van der Waals surface area contributed by atoms with Gasteiger partial charge in [0.15, 0.2) is 4.32 Å². The van der Waals surface area contributed by atoms with E-state index in [1.165, 1.54) is 23.1 Å². The number of hydrogen-bond donors (Lipinski definition) is 0. The van der Waals surface area contributed by atoms with Crippen LogP contribution in [0.3, 0.4) is 0 Å². The number of thioether (sulfide) groups is 1. The van der Waals surface area contributed by atoms with Gasteiger partial charge in [-0.15, -0.1) is 6.42 Å². The highest BCUT2D eigenvalue weighted by Gasteiger charge is 2.34. The molecule has 0 saturated carbocycles. The van der Waals surface area contributed by atoms with Crippen LogP contribution in [0.5, 0.6) is 5.75 Å². The van der Waals surface area contributed by atoms with E-state index in [2.05, 4.69) is 51.1 Å². The molecule has 142 valence electrons. The van der Waals surface area contributed by atoms with Crippen molar-refractivity contribution in [2.45, 2.75) is 0 Å². The predicted molar refractivity (Wildman–Crippen MR) is 133 cm³/mol. The molecule has 1 aliphatic rings. The summed E-state index contributed by atoms with van der Waals surface area (Å²) in [6, 6.07) is 7.89. The Morgan fingerprint density at radius 2 is 2.11 bits per heavy atom. The molecule has 0 unspecified atom stereocenters. The summed E-state index contributed by atoms with van der Waals surface area (Å²) in [5.74, 6) is 2.18. The van der Waals surface area contributed by atoms with Crippen molar-refractivity contribution in [2.24, 2.45) is 0 Å². The zero-order valence-corrected chi connectivity index (χ0v) is 20.5. The predicted octanol–water partition coefficient (Wildman–Crippen LogP) is 6.11. The van der Waals surface area contributed by atoms with Gasteiger partial charge in [0.25, 0.3) is 5.91 Å². The van der Waals surface area contributed by atoms with Crippen LogP contribution >= 0.6 is 80.8 Å². The second kappa shape index (κ2) is 9.30. The summed E-state index contributed by atoms with van der Waals surface area (Å²) >= 11 is 16.7.